The monoisotopic (exact) mass is 339 g/mol. The Labute approximate surface area is 126 Å². The van der Waals surface area contributed by atoms with Gasteiger partial charge >= 0.3 is 0 Å². The van der Waals surface area contributed by atoms with Crippen LogP contribution in [-0.4, -0.2) is 17.8 Å². The first-order valence-electron chi connectivity index (χ1n) is 6.32. The number of rotatable bonds is 6. The second kappa shape index (κ2) is 7.20. The van der Waals surface area contributed by atoms with Gasteiger partial charge in [-0.15, -0.1) is 11.3 Å². The molecule has 0 radical (unpaired) electrons. The summed E-state index contributed by atoms with van der Waals surface area (Å²) >= 11 is 5.31. The zero-order valence-corrected chi connectivity index (χ0v) is 13.3. The van der Waals surface area contributed by atoms with Crippen molar-refractivity contribution in [1.82, 2.24) is 5.32 Å². The van der Waals surface area contributed by atoms with E-state index in [0.717, 1.165) is 17.4 Å². The molecule has 1 aromatic heterocycles. The van der Waals surface area contributed by atoms with Crippen molar-refractivity contribution in [2.24, 2.45) is 0 Å². The van der Waals surface area contributed by atoms with Crippen molar-refractivity contribution in [2.75, 3.05) is 6.61 Å². The summed E-state index contributed by atoms with van der Waals surface area (Å²) in [5.74, 6) is 0. The average molecular weight is 340 g/mol. The van der Waals surface area contributed by atoms with Gasteiger partial charge in [0.05, 0.1) is 6.61 Å². The smallest absolute Gasteiger partial charge is 0.0587 e. The van der Waals surface area contributed by atoms with Crippen LogP contribution >= 0.6 is 27.3 Å². The number of aliphatic hydroxyl groups is 1. The zero-order chi connectivity index (χ0) is 13.7. The van der Waals surface area contributed by atoms with E-state index in [-0.39, 0.29) is 12.6 Å². The highest BCUT2D eigenvalue weighted by atomic mass is 79.9. The van der Waals surface area contributed by atoms with Crippen molar-refractivity contribution in [1.29, 1.82) is 0 Å². The van der Waals surface area contributed by atoms with Gasteiger partial charge in [0.25, 0.3) is 0 Å². The summed E-state index contributed by atoms with van der Waals surface area (Å²) in [5.41, 5.74) is 1.25. The highest BCUT2D eigenvalue weighted by molar-refractivity contribution is 9.10. The van der Waals surface area contributed by atoms with Gasteiger partial charge in [0.1, 0.15) is 0 Å². The third-order valence-electron chi connectivity index (χ3n) is 3.02. The first-order chi connectivity index (χ1) is 9.19. The van der Waals surface area contributed by atoms with Gasteiger partial charge in [0.2, 0.25) is 0 Å². The predicted molar refractivity (Wildman–Crippen MR) is 84.6 cm³/mol. The van der Waals surface area contributed by atoms with Gasteiger partial charge in [-0.05, 0) is 40.9 Å². The van der Waals surface area contributed by atoms with Crippen LogP contribution in [0.2, 0.25) is 0 Å². The zero-order valence-electron chi connectivity index (χ0n) is 10.9. The van der Waals surface area contributed by atoms with Crippen molar-refractivity contribution >= 4 is 27.3 Å². The summed E-state index contributed by atoms with van der Waals surface area (Å²) in [7, 11) is 0. The molecule has 0 saturated heterocycles. The van der Waals surface area contributed by atoms with Crippen LogP contribution in [0.15, 0.2) is 40.9 Å². The molecule has 2 aromatic rings. The van der Waals surface area contributed by atoms with Crippen LogP contribution in [0, 0.1) is 6.92 Å². The molecule has 19 heavy (non-hydrogen) atoms. The normalized spacial score (nSPS) is 12.6. The Bertz CT molecular complexity index is 493. The van der Waals surface area contributed by atoms with Crippen molar-refractivity contribution < 1.29 is 5.11 Å². The quantitative estimate of drug-likeness (QED) is 0.843. The Morgan fingerprint density at radius 2 is 2.05 bits per heavy atom. The van der Waals surface area contributed by atoms with E-state index >= 15 is 0 Å². The van der Waals surface area contributed by atoms with Crippen LogP contribution in [0.4, 0.5) is 0 Å². The molecule has 2 N–H and O–H groups in total. The molecule has 1 aromatic carbocycles. The molecule has 4 heteroatoms. The van der Waals surface area contributed by atoms with Crippen LogP contribution in [-0.2, 0) is 13.0 Å². The third-order valence-corrected chi connectivity index (χ3v) is 5.16. The maximum atomic E-state index is 9.46. The fraction of sp³-hybridized carbons (Fsp3) is 0.333. The molecular formula is C15H18BrNOS. The molecule has 1 heterocycles. The summed E-state index contributed by atoms with van der Waals surface area (Å²) in [6.45, 7) is 3.06. The standard InChI is InChI=1S/C15H18BrNOS/c1-11-15(16)8-14(19-11)9-17-13(10-18)7-12-5-3-2-4-6-12/h2-6,8,13,17-18H,7,9-10H2,1H3/t13-/m1/s1. The molecule has 0 unspecified atom stereocenters. The minimum absolute atomic E-state index is 0.101. The lowest BCUT2D eigenvalue weighted by Gasteiger charge is -2.15. The fourth-order valence-corrected chi connectivity index (χ4v) is 3.50. The summed E-state index contributed by atoms with van der Waals surface area (Å²) in [4.78, 5) is 2.58. The van der Waals surface area contributed by atoms with Crippen molar-refractivity contribution in [2.45, 2.75) is 25.9 Å². The van der Waals surface area contributed by atoms with Crippen LogP contribution in [0.1, 0.15) is 15.3 Å². The van der Waals surface area contributed by atoms with Gasteiger partial charge in [-0.25, -0.2) is 0 Å². The summed E-state index contributed by atoms with van der Waals surface area (Å²) in [5, 5.41) is 12.9. The highest BCUT2D eigenvalue weighted by Crippen LogP contribution is 2.26. The largest absolute Gasteiger partial charge is 0.395 e. The maximum Gasteiger partial charge on any atom is 0.0587 e. The lowest BCUT2D eigenvalue weighted by Crippen LogP contribution is -2.33. The SMILES string of the molecule is Cc1sc(CN[C@@H](CO)Cc2ccccc2)cc1Br. The lowest BCUT2D eigenvalue weighted by molar-refractivity contribution is 0.241. The second-order valence-corrected chi connectivity index (χ2v) is 6.76. The molecule has 102 valence electrons. The molecule has 0 fully saturated rings. The summed E-state index contributed by atoms with van der Waals surface area (Å²) < 4.78 is 1.16. The Morgan fingerprint density at radius 3 is 2.63 bits per heavy atom. The molecule has 0 aliphatic rings. The summed E-state index contributed by atoms with van der Waals surface area (Å²) in [6, 6.07) is 12.5. The molecule has 2 nitrogen and oxygen atoms in total. The number of hydrogen-bond donors (Lipinski definition) is 2. The molecule has 0 saturated carbocycles. The molecule has 0 aliphatic carbocycles. The minimum atomic E-state index is 0.101. The number of hydrogen-bond acceptors (Lipinski definition) is 3. The van der Waals surface area contributed by atoms with E-state index in [1.807, 2.05) is 18.2 Å². The number of benzene rings is 1. The van der Waals surface area contributed by atoms with E-state index in [4.69, 9.17) is 0 Å². The van der Waals surface area contributed by atoms with Crippen molar-refractivity contribution in [3.63, 3.8) is 0 Å². The number of aryl methyl sites for hydroxylation is 1. The predicted octanol–water partition coefficient (Wildman–Crippen LogP) is 3.51. The van der Waals surface area contributed by atoms with Gasteiger partial charge in [-0.1, -0.05) is 30.3 Å². The molecule has 0 aliphatic heterocycles. The Balaban J connectivity index is 1.89. The average Bonchev–Trinajstić information content (AvgIpc) is 2.75. The van der Waals surface area contributed by atoms with Gasteiger partial charge in [-0.3, -0.25) is 0 Å². The molecule has 1 atom stereocenters. The van der Waals surface area contributed by atoms with Crippen LogP contribution in [0.5, 0.6) is 0 Å². The topological polar surface area (TPSA) is 32.3 Å². The van der Waals surface area contributed by atoms with E-state index in [1.165, 1.54) is 15.3 Å². The number of thiophene rings is 1. The van der Waals surface area contributed by atoms with E-state index in [0.29, 0.717) is 0 Å². The van der Waals surface area contributed by atoms with Gasteiger partial charge < -0.3 is 10.4 Å². The lowest BCUT2D eigenvalue weighted by atomic mass is 10.1. The first-order valence-corrected chi connectivity index (χ1v) is 7.93. The number of halogens is 1. The Kier molecular flexibility index (Phi) is 5.58. The second-order valence-electron chi connectivity index (χ2n) is 4.57. The van der Waals surface area contributed by atoms with E-state index in [9.17, 15) is 5.11 Å². The fourth-order valence-electron chi connectivity index (χ4n) is 1.95. The Morgan fingerprint density at radius 1 is 1.32 bits per heavy atom. The number of aliphatic hydroxyl groups excluding tert-OH is 1. The maximum absolute atomic E-state index is 9.46. The molecule has 0 amide bonds. The molecule has 2 rings (SSSR count). The molecule has 0 bridgehead atoms. The van der Waals surface area contributed by atoms with E-state index < -0.39 is 0 Å². The molecular weight excluding hydrogens is 322 g/mol. The van der Waals surface area contributed by atoms with Gasteiger partial charge in [0.15, 0.2) is 0 Å². The van der Waals surface area contributed by atoms with E-state index in [1.54, 1.807) is 11.3 Å². The highest BCUT2D eigenvalue weighted by Gasteiger charge is 2.09. The van der Waals surface area contributed by atoms with Crippen LogP contribution in [0.25, 0.3) is 0 Å². The van der Waals surface area contributed by atoms with Crippen molar-refractivity contribution in [3.8, 4) is 0 Å². The minimum Gasteiger partial charge on any atom is -0.395 e. The molecule has 0 spiro atoms. The van der Waals surface area contributed by atoms with Gasteiger partial charge in [-0.2, -0.15) is 0 Å². The Hall–Kier alpha value is -0.680. The van der Waals surface area contributed by atoms with Crippen LogP contribution in [0.3, 0.4) is 0 Å². The number of nitrogens with one attached hydrogen (secondary N) is 1. The van der Waals surface area contributed by atoms with Crippen LogP contribution < -0.4 is 5.32 Å². The van der Waals surface area contributed by atoms with Crippen molar-refractivity contribution in [3.05, 3.63) is 56.2 Å². The third kappa shape index (κ3) is 4.42. The summed E-state index contributed by atoms with van der Waals surface area (Å²) in [6.07, 6.45) is 0.850. The van der Waals surface area contributed by atoms with E-state index in [2.05, 4.69) is 46.4 Å². The van der Waals surface area contributed by atoms with Gasteiger partial charge in [0, 0.05) is 26.8 Å². The first kappa shape index (κ1) is 14.7.